The molecule has 3 rings (SSSR count). The fourth-order valence-corrected chi connectivity index (χ4v) is 1.99. The number of nitrogens with zero attached hydrogens (tertiary/aromatic N) is 3. The third-order valence-corrected chi connectivity index (χ3v) is 2.74. The lowest BCUT2D eigenvalue weighted by molar-refractivity contribution is 0.664. The van der Waals surface area contributed by atoms with E-state index in [4.69, 9.17) is 4.42 Å². The van der Waals surface area contributed by atoms with Crippen molar-refractivity contribution < 1.29 is 4.42 Å². The molecule has 0 N–H and O–H groups in total. The monoisotopic (exact) mass is 227 g/mol. The number of anilines is 1. The molecule has 17 heavy (non-hydrogen) atoms. The molecule has 4 nitrogen and oxygen atoms in total. The van der Waals surface area contributed by atoms with Crippen molar-refractivity contribution in [3.05, 3.63) is 30.1 Å². The predicted molar refractivity (Wildman–Crippen MR) is 68.4 cm³/mol. The Balaban J connectivity index is 2.51. The molecule has 0 fully saturated rings. The summed E-state index contributed by atoms with van der Waals surface area (Å²) in [4.78, 5) is 10.8. The Morgan fingerprint density at radius 1 is 1.12 bits per heavy atom. The molecule has 0 saturated heterocycles. The summed E-state index contributed by atoms with van der Waals surface area (Å²) in [6.45, 7) is 1.90. The highest BCUT2D eigenvalue weighted by molar-refractivity contribution is 6.05. The molecule has 4 heteroatoms. The number of aryl methyl sites for hydroxylation is 1. The van der Waals surface area contributed by atoms with Gasteiger partial charge in [-0.15, -0.1) is 0 Å². The minimum Gasteiger partial charge on any atom is -0.450 e. The van der Waals surface area contributed by atoms with Crippen LogP contribution in [0.1, 0.15) is 5.82 Å². The van der Waals surface area contributed by atoms with Crippen LogP contribution in [0.4, 0.5) is 5.82 Å². The zero-order valence-electron chi connectivity index (χ0n) is 10.1. The zero-order chi connectivity index (χ0) is 12.0. The summed E-state index contributed by atoms with van der Waals surface area (Å²) in [5, 5.41) is 1.04. The van der Waals surface area contributed by atoms with Crippen LogP contribution < -0.4 is 4.90 Å². The lowest BCUT2D eigenvalue weighted by Gasteiger charge is -2.11. The van der Waals surface area contributed by atoms with Gasteiger partial charge in [0.2, 0.25) is 0 Å². The van der Waals surface area contributed by atoms with Crippen LogP contribution in [-0.2, 0) is 0 Å². The van der Waals surface area contributed by atoms with Crippen LogP contribution in [0, 0.1) is 6.92 Å². The van der Waals surface area contributed by atoms with Crippen LogP contribution in [0.15, 0.2) is 28.7 Å². The molecule has 2 heterocycles. The molecule has 0 spiro atoms. The first-order chi connectivity index (χ1) is 8.16. The molecule has 0 unspecified atom stereocenters. The number of aromatic nitrogens is 2. The molecule has 86 valence electrons. The summed E-state index contributed by atoms with van der Waals surface area (Å²) in [5.74, 6) is 1.58. The standard InChI is InChI=1S/C13H13N3O/c1-8-14-11-9-6-4-5-7-10(9)17-12(11)13(15-8)16(2)3/h4-7H,1-3H3. The maximum atomic E-state index is 5.83. The van der Waals surface area contributed by atoms with Gasteiger partial charge >= 0.3 is 0 Å². The third-order valence-electron chi connectivity index (χ3n) is 2.74. The second-order valence-corrected chi connectivity index (χ2v) is 4.26. The second-order valence-electron chi connectivity index (χ2n) is 4.26. The molecule has 0 aliphatic heterocycles. The van der Waals surface area contributed by atoms with Crippen molar-refractivity contribution >= 4 is 27.9 Å². The van der Waals surface area contributed by atoms with Gasteiger partial charge in [-0.2, -0.15) is 0 Å². The normalized spacial score (nSPS) is 11.2. The van der Waals surface area contributed by atoms with E-state index in [0.29, 0.717) is 0 Å². The van der Waals surface area contributed by atoms with Gasteiger partial charge in [-0.25, -0.2) is 9.97 Å². The summed E-state index contributed by atoms with van der Waals surface area (Å²) in [5.41, 5.74) is 2.49. The quantitative estimate of drug-likeness (QED) is 0.641. The topological polar surface area (TPSA) is 42.2 Å². The molecule has 3 aromatic rings. The Kier molecular flexibility index (Phi) is 2.04. The minimum atomic E-state index is 0.752. The van der Waals surface area contributed by atoms with Crippen molar-refractivity contribution in [3.63, 3.8) is 0 Å². The van der Waals surface area contributed by atoms with Crippen LogP contribution >= 0.6 is 0 Å². The van der Waals surface area contributed by atoms with Crippen molar-refractivity contribution in [2.75, 3.05) is 19.0 Å². The fraction of sp³-hybridized carbons (Fsp3) is 0.231. The number of benzene rings is 1. The van der Waals surface area contributed by atoms with Crippen LogP contribution in [0.2, 0.25) is 0 Å². The summed E-state index contributed by atoms with van der Waals surface area (Å²) in [6, 6.07) is 7.92. The molecule has 0 bridgehead atoms. The molecule has 0 aliphatic carbocycles. The Morgan fingerprint density at radius 3 is 2.65 bits per heavy atom. The van der Waals surface area contributed by atoms with Crippen molar-refractivity contribution in [1.29, 1.82) is 0 Å². The molecular weight excluding hydrogens is 214 g/mol. The fourth-order valence-electron chi connectivity index (χ4n) is 1.99. The highest BCUT2D eigenvalue weighted by atomic mass is 16.3. The Bertz CT molecular complexity index is 700. The first-order valence-corrected chi connectivity index (χ1v) is 5.50. The number of rotatable bonds is 1. The number of fused-ring (bicyclic) bond motifs is 3. The molecule has 0 saturated carbocycles. The van der Waals surface area contributed by atoms with Gasteiger partial charge in [-0.05, 0) is 19.1 Å². The van der Waals surface area contributed by atoms with E-state index < -0.39 is 0 Å². The van der Waals surface area contributed by atoms with Crippen LogP contribution in [0.25, 0.3) is 22.1 Å². The van der Waals surface area contributed by atoms with E-state index in [-0.39, 0.29) is 0 Å². The first kappa shape index (κ1) is 10.1. The van der Waals surface area contributed by atoms with Gasteiger partial charge in [-0.1, -0.05) is 12.1 Å². The van der Waals surface area contributed by atoms with Crippen molar-refractivity contribution in [1.82, 2.24) is 9.97 Å². The van der Waals surface area contributed by atoms with E-state index in [0.717, 1.165) is 33.7 Å². The van der Waals surface area contributed by atoms with E-state index >= 15 is 0 Å². The van der Waals surface area contributed by atoms with E-state index in [1.54, 1.807) is 0 Å². The third kappa shape index (κ3) is 1.45. The predicted octanol–water partition coefficient (Wildman–Crippen LogP) is 2.75. The Labute approximate surface area is 98.9 Å². The lowest BCUT2D eigenvalue weighted by Crippen LogP contribution is -2.11. The Morgan fingerprint density at radius 2 is 1.88 bits per heavy atom. The van der Waals surface area contributed by atoms with Crippen LogP contribution in [0.3, 0.4) is 0 Å². The van der Waals surface area contributed by atoms with E-state index in [1.165, 1.54) is 0 Å². The average Bonchev–Trinajstić information content (AvgIpc) is 2.66. The summed E-state index contributed by atoms with van der Waals surface area (Å²) < 4.78 is 5.83. The maximum Gasteiger partial charge on any atom is 0.196 e. The molecule has 0 amide bonds. The lowest BCUT2D eigenvalue weighted by atomic mass is 10.2. The summed E-state index contributed by atoms with van der Waals surface area (Å²) in [6.07, 6.45) is 0. The van der Waals surface area contributed by atoms with Crippen LogP contribution in [0.5, 0.6) is 0 Å². The SMILES string of the molecule is Cc1nc(N(C)C)c2oc3ccccc3c2n1. The van der Waals surface area contributed by atoms with Gasteiger partial charge in [0.05, 0.1) is 0 Å². The van der Waals surface area contributed by atoms with Gasteiger partial charge in [0.1, 0.15) is 16.9 Å². The number of hydrogen-bond acceptors (Lipinski definition) is 4. The van der Waals surface area contributed by atoms with Crippen molar-refractivity contribution in [3.8, 4) is 0 Å². The molecule has 0 atom stereocenters. The number of para-hydroxylation sites is 1. The molecular formula is C13H13N3O. The van der Waals surface area contributed by atoms with E-state index in [2.05, 4.69) is 9.97 Å². The second kappa shape index (κ2) is 3.45. The largest absolute Gasteiger partial charge is 0.450 e. The molecule has 1 aromatic carbocycles. The number of hydrogen-bond donors (Lipinski definition) is 0. The minimum absolute atomic E-state index is 0.752. The smallest absolute Gasteiger partial charge is 0.196 e. The highest BCUT2D eigenvalue weighted by Gasteiger charge is 2.15. The van der Waals surface area contributed by atoms with E-state index in [9.17, 15) is 0 Å². The van der Waals surface area contributed by atoms with Gasteiger partial charge in [0.15, 0.2) is 11.4 Å². The molecule has 2 aromatic heterocycles. The van der Waals surface area contributed by atoms with Crippen LogP contribution in [-0.4, -0.2) is 24.1 Å². The average molecular weight is 227 g/mol. The maximum absolute atomic E-state index is 5.83. The van der Waals surface area contributed by atoms with Gasteiger partial charge < -0.3 is 9.32 Å². The summed E-state index contributed by atoms with van der Waals surface area (Å²) >= 11 is 0. The zero-order valence-corrected chi connectivity index (χ0v) is 10.1. The van der Waals surface area contributed by atoms with Gasteiger partial charge in [-0.3, -0.25) is 0 Å². The summed E-state index contributed by atoms with van der Waals surface area (Å²) in [7, 11) is 3.91. The first-order valence-electron chi connectivity index (χ1n) is 5.50. The highest BCUT2D eigenvalue weighted by Crippen LogP contribution is 2.31. The van der Waals surface area contributed by atoms with Crippen molar-refractivity contribution in [2.24, 2.45) is 0 Å². The Hall–Kier alpha value is -2.10. The van der Waals surface area contributed by atoms with Crippen molar-refractivity contribution in [2.45, 2.75) is 6.92 Å². The molecule has 0 radical (unpaired) electrons. The van der Waals surface area contributed by atoms with E-state index in [1.807, 2.05) is 50.2 Å². The molecule has 0 aliphatic rings. The van der Waals surface area contributed by atoms with Gasteiger partial charge in [0, 0.05) is 19.5 Å². The number of furan rings is 1. The van der Waals surface area contributed by atoms with Gasteiger partial charge in [0.25, 0.3) is 0 Å².